The minimum atomic E-state index is -2.56. The number of hydrogen-bond acceptors (Lipinski definition) is 1. The van der Waals surface area contributed by atoms with Gasteiger partial charge in [0.1, 0.15) is 0 Å². The summed E-state index contributed by atoms with van der Waals surface area (Å²) in [6.07, 6.45) is -2.56. The maximum Gasteiger partial charge on any atom is 0.264 e. The molecular weight excluding hydrogens is 188 g/mol. The fraction of sp³-hybridized carbons (Fsp3) is 0.200. The van der Waals surface area contributed by atoms with Crippen molar-refractivity contribution in [2.45, 2.75) is 13.0 Å². The first-order chi connectivity index (χ1) is 6.59. The molecule has 4 heteroatoms. The van der Waals surface area contributed by atoms with Gasteiger partial charge in [0, 0.05) is 17.7 Å². The highest BCUT2D eigenvalue weighted by atomic mass is 19.3. The molecule has 0 aliphatic carbocycles. The second-order valence-corrected chi connectivity index (χ2v) is 3.19. The van der Waals surface area contributed by atoms with Crippen molar-refractivity contribution in [3.05, 3.63) is 41.3 Å². The van der Waals surface area contributed by atoms with Crippen LogP contribution in [0.1, 0.15) is 33.5 Å². The second kappa shape index (κ2) is 3.04. The molecule has 0 saturated heterocycles. The van der Waals surface area contributed by atoms with Crippen LogP contribution < -0.4 is 5.32 Å². The van der Waals surface area contributed by atoms with Crippen LogP contribution in [0.25, 0.3) is 0 Å². The van der Waals surface area contributed by atoms with E-state index < -0.39 is 6.43 Å². The SMILES string of the molecule is [CH2]c1cc2c(c(C(F)F)c1)CNC2=O. The number of carbonyl (C=O) groups excluding carboxylic acids is 1. The van der Waals surface area contributed by atoms with Crippen molar-refractivity contribution in [1.29, 1.82) is 0 Å². The summed E-state index contributed by atoms with van der Waals surface area (Å²) in [4.78, 5) is 11.2. The van der Waals surface area contributed by atoms with Gasteiger partial charge in [-0.25, -0.2) is 8.78 Å². The van der Waals surface area contributed by atoms with Crippen LogP contribution in [-0.2, 0) is 6.54 Å². The minimum absolute atomic E-state index is 0.0918. The molecule has 1 aliphatic heterocycles. The van der Waals surface area contributed by atoms with Gasteiger partial charge in [0.2, 0.25) is 0 Å². The van der Waals surface area contributed by atoms with Gasteiger partial charge in [-0.3, -0.25) is 4.79 Å². The Hall–Kier alpha value is -1.45. The van der Waals surface area contributed by atoms with E-state index in [1.165, 1.54) is 12.1 Å². The molecule has 0 spiro atoms. The fourth-order valence-electron chi connectivity index (χ4n) is 1.62. The zero-order valence-corrected chi connectivity index (χ0v) is 7.31. The van der Waals surface area contributed by atoms with Crippen LogP contribution >= 0.6 is 0 Å². The molecule has 0 saturated carbocycles. The van der Waals surface area contributed by atoms with Crippen LogP contribution in [0.5, 0.6) is 0 Å². The van der Waals surface area contributed by atoms with E-state index in [0.29, 0.717) is 16.7 Å². The summed E-state index contributed by atoms with van der Waals surface area (Å²) in [5.74, 6) is -0.299. The topological polar surface area (TPSA) is 29.1 Å². The number of alkyl halides is 2. The van der Waals surface area contributed by atoms with Crippen molar-refractivity contribution < 1.29 is 13.6 Å². The van der Waals surface area contributed by atoms with Crippen LogP contribution in [0.15, 0.2) is 12.1 Å². The van der Waals surface area contributed by atoms with E-state index in [1.807, 2.05) is 0 Å². The van der Waals surface area contributed by atoms with Crippen molar-refractivity contribution in [3.63, 3.8) is 0 Å². The maximum atomic E-state index is 12.6. The average molecular weight is 196 g/mol. The molecule has 2 nitrogen and oxygen atoms in total. The quantitative estimate of drug-likeness (QED) is 0.731. The smallest absolute Gasteiger partial charge is 0.264 e. The Morgan fingerprint density at radius 3 is 2.79 bits per heavy atom. The number of halogens is 2. The molecule has 1 aliphatic rings. The summed E-state index contributed by atoms with van der Waals surface area (Å²) in [7, 11) is 0. The van der Waals surface area contributed by atoms with Crippen LogP contribution in [0.4, 0.5) is 8.78 Å². The van der Waals surface area contributed by atoms with Gasteiger partial charge in [-0.2, -0.15) is 0 Å². The summed E-state index contributed by atoms with van der Waals surface area (Å²) in [5, 5.41) is 2.51. The van der Waals surface area contributed by atoms with Gasteiger partial charge in [0.15, 0.2) is 0 Å². The van der Waals surface area contributed by atoms with E-state index in [9.17, 15) is 13.6 Å². The molecule has 1 N–H and O–H groups in total. The Morgan fingerprint density at radius 1 is 1.43 bits per heavy atom. The first-order valence-corrected chi connectivity index (χ1v) is 4.14. The lowest BCUT2D eigenvalue weighted by molar-refractivity contribution is 0.0965. The molecule has 1 aromatic rings. The molecular formula is C10H8F2NO. The van der Waals surface area contributed by atoms with Gasteiger partial charge in [-0.1, -0.05) is 0 Å². The molecule has 1 amide bonds. The van der Waals surface area contributed by atoms with Crippen molar-refractivity contribution in [3.8, 4) is 0 Å². The molecule has 0 fully saturated rings. The number of amides is 1. The lowest BCUT2D eigenvalue weighted by Crippen LogP contribution is -2.12. The lowest BCUT2D eigenvalue weighted by Gasteiger charge is -2.06. The average Bonchev–Trinajstić information content (AvgIpc) is 2.47. The zero-order valence-electron chi connectivity index (χ0n) is 7.31. The summed E-state index contributed by atoms with van der Waals surface area (Å²) < 4.78 is 25.1. The predicted molar refractivity (Wildman–Crippen MR) is 47.0 cm³/mol. The number of rotatable bonds is 1. The third kappa shape index (κ3) is 1.27. The zero-order chi connectivity index (χ0) is 10.3. The van der Waals surface area contributed by atoms with E-state index >= 15 is 0 Å². The maximum absolute atomic E-state index is 12.6. The number of hydrogen-bond donors (Lipinski definition) is 1. The van der Waals surface area contributed by atoms with Gasteiger partial charge in [-0.05, 0) is 30.2 Å². The highest BCUT2D eigenvalue weighted by Crippen LogP contribution is 2.29. The molecule has 0 unspecified atom stereocenters. The van der Waals surface area contributed by atoms with E-state index in [0.717, 1.165) is 0 Å². The molecule has 0 atom stereocenters. The third-order valence-electron chi connectivity index (χ3n) is 2.25. The van der Waals surface area contributed by atoms with E-state index in [1.54, 1.807) is 0 Å². The monoisotopic (exact) mass is 196 g/mol. The van der Waals surface area contributed by atoms with Crippen molar-refractivity contribution in [1.82, 2.24) is 5.32 Å². The standard InChI is InChI=1S/C10H8F2NO/c1-5-2-6(9(11)12)8-4-13-10(14)7(8)3-5/h2-3,9H,1,4H2,(H,13,14). The Morgan fingerprint density at radius 2 is 2.14 bits per heavy atom. The van der Waals surface area contributed by atoms with Crippen molar-refractivity contribution in [2.75, 3.05) is 0 Å². The number of nitrogens with one attached hydrogen (secondary N) is 1. The molecule has 1 heterocycles. The van der Waals surface area contributed by atoms with Gasteiger partial charge < -0.3 is 5.32 Å². The van der Waals surface area contributed by atoms with Crippen LogP contribution in [-0.4, -0.2) is 5.91 Å². The van der Waals surface area contributed by atoms with Crippen molar-refractivity contribution >= 4 is 5.91 Å². The van der Waals surface area contributed by atoms with Crippen LogP contribution in [0.2, 0.25) is 0 Å². The highest BCUT2D eigenvalue weighted by Gasteiger charge is 2.25. The summed E-state index contributed by atoms with van der Waals surface area (Å²) in [5.41, 5.74) is 1.08. The molecule has 73 valence electrons. The third-order valence-corrected chi connectivity index (χ3v) is 2.25. The molecule has 0 aromatic heterocycles. The molecule has 14 heavy (non-hydrogen) atoms. The van der Waals surface area contributed by atoms with Crippen molar-refractivity contribution in [2.24, 2.45) is 0 Å². The Kier molecular flexibility index (Phi) is 1.98. The van der Waals surface area contributed by atoms with E-state index in [4.69, 9.17) is 0 Å². The summed E-state index contributed by atoms with van der Waals surface area (Å²) in [6.45, 7) is 3.75. The highest BCUT2D eigenvalue weighted by molar-refractivity contribution is 5.99. The fourth-order valence-corrected chi connectivity index (χ4v) is 1.62. The number of carbonyl (C=O) groups is 1. The normalized spacial score (nSPS) is 14.4. The van der Waals surface area contributed by atoms with Crippen LogP contribution in [0, 0.1) is 6.92 Å². The second-order valence-electron chi connectivity index (χ2n) is 3.19. The number of benzene rings is 1. The molecule has 1 radical (unpaired) electrons. The van der Waals surface area contributed by atoms with Gasteiger partial charge in [0.05, 0.1) is 0 Å². The minimum Gasteiger partial charge on any atom is -0.348 e. The van der Waals surface area contributed by atoms with Gasteiger partial charge in [0.25, 0.3) is 12.3 Å². The lowest BCUT2D eigenvalue weighted by atomic mass is 10.0. The first kappa shape index (κ1) is 9.12. The molecule has 1 aromatic carbocycles. The largest absolute Gasteiger partial charge is 0.348 e. The van der Waals surface area contributed by atoms with Crippen LogP contribution in [0.3, 0.4) is 0 Å². The number of fused-ring (bicyclic) bond motifs is 1. The molecule has 0 bridgehead atoms. The molecule has 2 rings (SSSR count). The first-order valence-electron chi connectivity index (χ1n) is 4.14. The van der Waals surface area contributed by atoms with Gasteiger partial charge >= 0.3 is 0 Å². The Bertz CT molecular complexity index is 401. The summed E-state index contributed by atoms with van der Waals surface area (Å²) in [6, 6.07) is 2.85. The van der Waals surface area contributed by atoms with E-state index in [2.05, 4.69) is 12.2 Å². The predicted octanol–water partition coefficient (Wildman–Crippen LogP) is 2.05. The van der Waals surface area contributed by atoms with E-state index in [-0.39, 0.29) is 18.0 Å². The Labute approximate surface area is 79.9 Å². The summed E-state index contributed by atoms with van der Waals surface area (Å²) >= 11 is 0. The Balaban J connectivity index is 2.63. The van der Waals surface area contributed by atoms with Gasteiger partial charge in [-0.15, -0.1) is 0 Å².